The van der Waals surface area contributed by atoms with E-state index in [1.54, 1.807) is 12.1 Å². The smallest absolute Gasteiger partial charge is 0.177 e. The molecule has 0 aliphatic carbocycles. The molecule has 3 aromatic rings. The lowest BCUT2D eigenvalue weighted by molar-refractivity contribution is 0.0882. The number of carbonyl (C=O) groups is 1. The Hall–Kier alpha value is -2.42. The molecule has 0 fully saturated rings. The largest absolute Gasteiger partial charge is 0.307 e. The summed E-state index contributed by atoms with van der Waals surface area (Å²) in [6.07, 6.45) is 0.666. The Kier molecular flexibility index (Phi) is 6.33. The van der Waals surface area contributed by atoms with Crippen LogP contribution in [0.2, 0.25) is 5.02 Å². The van der Waals surface area contributed by atoms with Crippen molar-refractivity contribution in [2.24, 2.45) is 0 Å². The minimum Gasteiger partial charge on any atom is -0.307 e. The van der Waals surface area contributed by atoms with Crippen LogP contribution in [0.1, 0.15) is 34.8 Å². The minimum absolute atomic E-state index is 0.0705. The van der Waals surface area contributed by atoms with E-state index in [0.29, 0.717) is 17.0 Å². The highest BCUT2D eigenvalue weighted by Gasteiger charge is 2.43. The van der Waals surface area contributed by atoms with E-state index in [1.807, 2.05) is 48.5 Å². The van der Waals surface area contributed by atoms with Gasteiger partial charge in [0.1, 0.15) is 0 Å². The molecule has 2 nitrogen and oxygen atoms in total. The molecule has 0 amide bonds. The summed E-state index contributed by atoms with van der Waals surface area (Å²) in [5.41, 5.74) is 1.84. The number of carbonyl (C=O) groups excluding carboxylic acids is 1. The van der Waals surface area contributed by atoms with Gasteiger partial charge in [-0.05, 0) is 50.7 Å². The predicted octanol–water partition coefficient (Wildman–Crippen LogP) is 5.85. The number of benzene rings is 3. The standard InChI is InChI=1S/C25H26ClNO/c1-19(27(2)3)18-25(21-12-6-4-7-13-21,22-14-8-5-9-15-22)24(28)20-11-10-16-23(26)17-20/h4-17,19H,18H2,1-3H3/t19-/m0/s1. The quantitative estimate of drug-likeness (QED) is 0.471. The van der Waals surface area contributed by atoms with Crippen LogP contribution in [0.5, 0.6) is 0 Å². The maximum Gasteiger partial charge on any atom is 0.177 e. The van der Waals surface area contributed by atoms with Crippen molar-refractivity contribution in [1.82, 2.24) is 4.90 Å². The molecule has 0 N–H and O–H groups in total. The topological polar surface area (TPSA) is 20.3 Å². The van der Waals surface area contributed by atoms with Crippen molar-refractivity contribution in [3.05, 3.63) is 107 Å². The summed E-state index contributed by atoms with van der Waals surface area (Å²) in [7, 11) is 4.10. The van der Waals surface area contributed by atoms with Crippen LogP contribution in [-0.4, -0.2) is 30.8 Å². The fraction of sp³-hybridized carbons (Fsp3) is 0.240. The Morgan fingerprint density at radius 1 is 0.893 bits per heavy atom. The van der Waals surface area contributed by atoms with Gasteiger partial charge in [-0.2, -0.15) is 0 Å². The third-order valence-electron chi connectivity index (χ3n) is 5.49. The van der Waals surface area contributed by atoms with Gasteiger partial charge in [0.2, 0.25) is 0 Å². The number of hydrogen-bond acceptors (Lipinski definition) is 2. The van der Waals surface area contributed by atoms with E-state index in [2.05, 4.69) is 50.2 Å². The number of halogens is 1. The van der Waals surface area contributed by atoms with Gasteiger partial charge >= 0.3 is 0 Å². The molecule has 144 valence electrons. The van der Waals surface area contributed by atoms with Gasteiger partial charge in [-0.25, -0.2) is 0 Å². The lowest BCUT2D eigenvalue weighted by Gasteiger charge is -2.38. The first-order valence-electron chi connectivity index (χ1n) is 9.53. The molecule has 0 unspecified atom stereocenters. The molecular formula is C25H26ClNO. The number of rotatable bonds is 7. The first-order chi connectivity index (χ1) is 13.4. The van der Waals surface area contributed by atoms with E-state index < -0.39 is 5.41 Å². The molecular weight excluding hydrogens is 366 g/mol. The number of ketones is 1. The van der Waals surface area contributed by atoms with Gasteiger partial charge in [0, 0.05) is 16.6 Å². The molecule has 28 heavy (non-hydrogen) atoms. The average Bonchev–Trinajstić information content (AvgIpc) is 2.72. The van der Waals surface area contributed by atoms with E-state index >= 15 is 0 Å². The van der Waals surface area contributed by atoms with Crippen LogP contribution < -0.4 is 0 Å². The third kappa shape index (κ3) is 4.04. The van der Waals surface area contributed by atoms with Gasteiger partial charge in [-0.3, -0.25) is 4.79 Å². The molecule has 0 aromatic heterocycles. The molecule has 0 bridgehead atoms. The molecule has 0 aliphatic heterocycles. The lowest BCUT2D eigenvalue weighted by atomic mass is 9.66. The Morgan fingerprint density at radius 2 is 1.43 bits per heavy atom. The fourth-order valence-corrected chi connectivity index (χ4v) is 3.89. The second-order valence-electron chi connectivity index (χ2n) is 7.49. The monoisotopic (exact) mass is 391 g/mol. The zero-order chi connectivity index (χ0) is 20.1. The zero-order valence-electron chi connectivity index (χ0n) is 16.6. The van der Waals surface area contributed by atoms with Gasteiger partial charge in [0.25, 0.3) is 0 Å². The van der Waals surface area contributed by atoms with Crippen LogP contribution in [0.25, 0.3) is 0 Å². The van der Waals surface area contributed by atoms with E-state index in [9.17, 15) is 4.79 Å². The molecule has 3 heteroatoms. The zero-order valence-corrected chi connectivity index (χ0v) is 17.4. The Morgan fingerprint density at radius 3 is 1.89 bits per heavy atom. The maximum atomic E-state index is 14.1. The molecule has 0 saturated carbocycles. The van der Waals surface area contributed by atoms with Crippen LogP contribution in [0.15, 0.2) is 84.9 Å². The van der Waals surface area contributed by atoms with E-state index in [0.717, 1.165) is 11.1 Å². The Labute approximate surface area is 172 Å². The highest BCUT2D eigenvalue weighted by molar-refractivity contribution is 6.31. The van der Waals surface area contributed by atoms with Crippen LogP contribution in [0.4, 0.5) is 0 Å². The van der Waals surface area contributed by atoms with E-state index in [1.165, 1.54) is 0 Å². The maximum absolute atomic E-state index is 14.1. The van der Waals surface area contributed by atoms with Crippen LogP contribution in [0, 0.1) is 0 Å². The second kappa shape index (κ2) is 8.72. The van der Waals surface area contributed by atoms with Crippen LogP contribution in [0.3, 0.4) is 0 Å². The number of nitrogens with zero attached hydrogens (tertiary/aromatic N) is 1. The van der Waals surface area contributed by atoms with Gasteiger partial charge in [-0.15, -0.1) is 0 Å². The first kappa shape index (κ1) is 20.3. The van der Waals surface area contributed by atoms with Crippen molar-refractivity contribution in [3.63, 3.8) is 0 Å². The molecule has 3 rings (SSSR count). The molecule has 0 saturated heterocycles. The predicted molar refractivity (Wildman–Crippen MR) is 117 cm³/mol. The van der Waals surface area contributed by atoms with Crippen molar-refractivity contribution >= 4 is 17.4 Å². The molecule has 0 radical (unpaired) electrons. The van der Waals surface area contributed by atoms with Crippen molar-refractivity contribution in [2.45, 2.75) is 24.8 Å². The van der Waals surface area contributed by atoms with Crippen LogP contribution in [-0.2, 0) is 5.41 Å². The second-order valence-corrected chi connectivity index (χ2v) is 7.93. The van der Waals surface area contributed by atoms with E-state index in [-0.39, 0.29) is 11.8 Å². The van der Waals surface area contributed by atoms with Crippen molar-refractivity contribution in [1.29, 1.82) is 0 Å². The molecule has 3 aromatic carbocycles. The molecule has 1 atom stereocenters. The highest BCUT2D eigenvalue weighted by atomic mass is 35.5. The normalized spacial score (nSPS) is 12.8. The van der Waals surface area contributed by atoms with Gasteiger partial charge in [-0.1, -0.05) is 84.4 Å². The molecule has 0 aliphatic rings. The Bertz CT molecular complexity index is 882. The SMILES string of the molecule is C[C@@H](CC(C(=O)c1cccc(Cl)c1)(c1ccccc1)c1ccccc1)N(C)C. The lowest BCUT2D eigenvalue weighted by Crippen LogP contribution is -2.43. The molecule has 0 heterocycles. The summed E-state index contributed by atoms with van der Waals surface area (Å²) in [4.78, 5) is 16.3. The number of hydrogen-bond donors (Lipinski definition) is 0. The Balaban J connectivity index is 2.28. The highest BCUT2D eigenvalue weighted by Crippen LogP contribution is 2.40. The molecule has 0 spiro atoms. The number of Topliss-reactive ketones (excluding diaryl/α,β-unsaturated/α-hetero) is 1. The van der Waals surface area contributed by atoms with Crippen molar-refractivity contribution in [3.8, 4) is 0 Å². The average molecular weight is 392 g/mol. The minimum atomic E-state index is -0.795. The van der Waals surface area contributed by atoms with Gasteiger partial charge < -0.3 is 4.90 Å². The fourth-order valence-electron chi connectivity index (χ4n) is 3.70. The van der Waals surface area contributed by atoms with Crippen LogP contribution >= 0.6 is 11.6 Å². The van der Waals surface area contributed by atoms with E-state index in [4.69, 9.17) is 11.6 Å². The third-order valence-corrected chi connectivity index (χ3v) is 5.73. The summed E-state index contributed by atoms with van der Waals surface area (Å²) in [6, 6.07) is 27.6. The summed E-state index contributed by atoms with van der Waals surface area (Å²) in [6.45, 7) is 2.16. The summed E-state index contributed by atoms with van der Waals surface area (Å²) in [5, 5.41) is 0.571. The van der Waals surface area contributed by atoms with Gasteiger partial charge in [0.15, 0.2) is 5.78 Å². The van der Waals surface area contributed by atoms with Gasteiger partial charge in [0.05, 0.1) is 5.41 Å². The van der Waals surface area contributed by atoms with Crippen molar-refractivity contribution < 1.29 is 4.79 Å². The summed E-state index contributed by atoms with van der Waals surface area (Å²) < 4.78 is 0. The first-order valence-corrected chi connectivity index (χ1v) is 9.91. The summed E-state index contributed by atoms with van der Waals surface area (Å²) >= 11 is 6.23. The summed E-state index contributed by atoms with van der Waals surface area (Å²) in [5.74, 6) is 0.0705. The van der Waals surface area contributed by atoms with Crippen molar-refractivity contribution in [2.75, 3.05) is 14.1 Å².